The molecule has 1 heterocycles. The van der Waals surface area contributed by atoms with Crippen molar-refractivity contribution < 1.29 is 19.1 Å². The quantitative estimate of drug-likeness (QED) is 0.401. The number of hydrogen-bond donors (Lipinski definition) is 2. The van der Waals surface area contributed by atoms with Crippen LogP contribution in [0.1, 0.15) is 37.8 Å². The molecular formula is C25H29N3O4S. The van der Waals surface area contributed by atoms with E-state index in [4.69, 9.17) is 21.7 Å². The van der Waals surface area contributed by atoms with E-state index in [2.05, 4.69) is 17.6 Å². The number of unbranched alkanes of at least 4 members (excludes halogenated alkanes) is 1. The van der Waals surface area contributed by atoms with Crippen LogP contribution in [0.25, 0.3) is 6.08 Å². The van der Waals surface area contributed by atoms with Gasteiger partial charge in [0.25, 0.3) is 11.8 Å². The van der Waals surface area contributed by atoms with E-state index in [9.17, 15) is 9.59 Å². The highest BCUT2D eigenvalue weighted by atomic mass is 32.1. The Labute approximate surface area is 199 Å². The van der Waals surface area contributed by atoms with E-state index in [0.29, 0.717) is 41.1 Å². The molecule has 7 nitrogen and oxygen atoms in total. The molecular weight excluding hydrogens is 438 g/mol. The Bertz CT molecular complexity index is 1050. The third-order valence-electron chi connectivity index (χ3n) is 4.97. The summed E-state index contributed by atoms with van der Waals surface area (Å²) >= 11 is 5.29. The molecule has 33 heavy (non-hydrogen) atoms. The molecule has 0 spiro atoms. The maximum absolute atomic E-state index is 12.7. The lowest BCUT2D eigenvalue weighted by molar-refractivity contribution is -0.122. The number of thiocarbonyl (C=S) groups is 1. The van der Waals surface area contributed by atoms with E-state index in [0.717, 1.165) is 24.0 Å². The maximum Gasteiger partial charge on any atom is 0.276 e. The molecule has 1 fully saturated rings. The highest BCUT2D eigenvalue weighted by molar-refractivity contribution is 7.80. The second kappa shape index (κ2) is 11.5. The third-order valence-corrected chi connectivity index (χ3v) is 5.29. The van der Waals surface area contributed by atoms with Crippen LogP contribution < -0.4 is 20.1 Å². The van der Waals surface area contributed by atoms with Gasteiger partial charge in [0.15, 0.2) is 23.2 Å². The van der Waals surface area contributed by atoms with Crippen molar-refractivity contribution in [3.63, 3.8) is 0 Å². The van der Waals surface area contributed by atoms with Crippen LogP contribution in [0.2, 0.25) is 0 Å². The van der Waals surface area contributed by atoms with Gasteiger partial charge in [-0.25, -0.2) is 0 Å². The molecule has 2 aromatic rings. The van der Waals surface area contributed by atoms with Gasteiger partial charge in [0, 0.05) is 12.2 Å². The summed E-state index contributed by atoms with van der Waals surface area (Å²) in [5, 5.41) is 6.21. The highest BCUT2D eigenvalue weighted by Gasteiger charge is 2.29. The molecule has 0 saturated carbocycles. The number of nitrogens with zero attached hydrogens (tertiary/aromatic N) is 1. The van der Waals surface area contributed by atoms with Gasteiger partial charge in [-0.05, 0) is 68.4 Å². The SMILES string of the molecule is CCCCN1C(=O)/C(=C\c2ccc(OCC(=O)Nc3ccc(C)cc3)c(OCC)c2)NC1=S. The Balaban J connectivity index is 1.68. The number of ether oxygens (including phenoxy) is 2. The smallest absolute Gasteiger partial charge is 0.276 e. The number of nitrogens with one attached hydrogen (secondary N) is 2. The molecule has 0 unspecified atom stereocenters. The van der Waals surface area contributed by atoms with Gasteiger partial charge in [0.2, 0.25) is 0 Å². The van der Waals surface area contributed by atoms with E-state index in [-0.39, 0.29) is 18.4 Å². The second-order valence-electron chi connectivity index (χ2n) is 7.64. The molecule has 1 aliphatic rings. The lowest BCUT2D eigenvalue weighted by Gasteiger charge is -2.13. The minimum absolute atomic E-state index is 0.139. The van der Waals surface area contributed by atoms with E-state index >= 15 is 0 Å². The van der Waals surface area contributed by atoms with Crippen molar-refractivity contribution in [2.24, 2.45) is 0 Å². The molecule has 2 amide bonds. The fraction of sp³-hybridized carbons (Fsp3) is 0.320. The molecule has 0 atom stereocenters. The van der Waals surface area contributed by atoms with E-state index in [1.165, 1.54) is 0 Å². The van der Waals surface area contributed by atoms with Crippen LogP contribution in [0.3, 0.4) is 0 Å². The van der Waals surface area contributed by atoms with Crippen molar-refractivity contribution >= 4 is 40.9 Å². The molecule has 1 aliphatic heterocycles. The number of aryl methyl sites for hydroxylation is 1. The summed E-state index contributed by atoms with van der Waals surface area (Å²) in [6.45, 7) is 6.79. The molecule has 3 rings (SSSR count). The first-order chi connectivity index (χ1) is 15.9. The zero-order valence-corrected chi connectivity index (χ0v) is 20.0. The van der Waals surface area contributed by atoms with Gasteiger partial charge in [0.05, 0.1) is 6.61 Å². The summed E-state index contributed by atoms with van der Waals surface area (Å²) in [6.07, 6.45) is 3.60. The lowest BCUT2D eigenvalue weighted by atomic mass is 10.1. The number of benzene rings is 2. The Morgan fingerprint density at radius 2 is 1.88 bits per heavy atom. The summed E-state index contributed by atoms with van der Waals surface area (Å²) < 4.78 is 11.4. The van der Waals surface area contributed by atoms with Crippen molar-refractivity contribution in [1.29, 1.82) is 0 Å². The largest absolute Gasteiger partial charge is 0.490 e. The molecule has 0 bridgehead atoms. The van der Waals surface area contributed by atoms with Gasteiger partial charge in [0.1, 0.15) is 5.70 Å². The number of amides is 2. The van der Waals surface area contributed by atoms with Gasteiger partial charge in [-0.15, -0.1) is 0 Å². The first-order valence-corrected chi connectivity index (χ1v) is 11.4. The van der Waals surface area contributed by atoms with Gasteiger partial charge < -0.3 is 20.1 Å². The molecule has 8 heteroatoms. The van der Waals surface area contributed by atoms with Crippen LogP contribution in [0.4, 0.5) is 5.69 Å². The Morgan fingerprint density at radius 3 is 2.58 bits per heavy atom. The van der Waals surface area contributed by atoms with Crippen molar-refractivity contribution in [3.05, 3.63) is 59.3 Å². The average molecular weight is 468 g/mol. The molecule has 1 saturated heterocycles. The zero-order chi connectivity index (χ0) is 23.8. The van der Waals surface area contributed by atoms with E-state index < -0.39 is 0 Å². The number of carbonyl (C=O) groups is 2. The molecule has 2 N–H and O–H groups in total. The van der Waals surface area contributed by atoms with Crippen molar-refractivity contribution in [2.45, 2.75) is 33.6 Å². The highest BCUT2D eigenvalue weighted by Crippen LogP contribution is 2.30. The third kappa shape index (κ3) is 6.55. The monoisotopic (exact) mass is 467 g/mol. The second-order valence-corrected chi connectivity index (χ2v) is 8.03. The topological polar surface area (TPSA) is 79.9 Å². The summed E-state index contributed by atoms with van der Waals surface area (Å²) in [7, 11) is 0. The number of rotatable bonds is 10. The van der Waals surface area contributed by atoms with Gasteiger partial charge in [-0.2, -0.15) is 0 Å². The Morgan fingerprint density at radius 1 is 1.12 bits per heavy atom. The van der Waals surface area contributed by atoms with Crippen LogP contribution >= 0.6 is 12.2 Å². The first kappa shape index (κ1) is 24.3. The van der Waals surface area contributed by atoms with Gasteiger partial charge in [-0.3, -0.25) is 14.5 Å². The van der Waals surface area contributed by atoms with Crippen LogP contribution in [-0.4, -0.2) is 41.6 Å². The Kier molecular flexibility index (Phi) is 8.43. The van der Waals surface area contributed by atoms with Gasteiger partial charge in [-0.1, -0.05) is 37.1 Å². The summed E-state index contributed by atoms with van der Waals surface area (Å²) in [6, 6.07) is 12.8. The van der Waals surface area contributed by atoms with E-state index in [1.54, 1.807) is 29.2 Å². The van der Waals surface area contributed by atoms with Crippen molar-refractivity contribution in [3.8, 4) is 11.5 Å². The number of carbonyl (C=O) groups excluding carboxylic acids is 2. The molecule has 0 radical (unpaired) electrons. The average Bonchev–Trinajstić information content (AvgIpc) is 3.05. The maximum atomic E-state index is 12.7. The fourth-order valence-electron chi connectivity index (χ4n) is 3.24. The van der Waals surface area contributed by atoms with Crippen LogP contribution in [0.15, 0.2) is 48.2 Å². The molecule has 0 aliphatic carbocycles. The summed E-state index contributed by atoms with van der Waals surface area (Å²) in [5.74, 6) is 0.531. The minimum atomic E-state index is -0.270. The van der Waals surface area contributed by atoms with Crippen LogP contribution in [-0.2, 0) is 9.59 Å². The number of hydrogen-bond acceptors (Lipinski definition) is 5. The van der Waals surface area contributed by atoms with E-state index in [1.807, 2.05) is 38.1 Å². The summed E-state index contributed by atoms with van der Waals surface area (Å²) in [4.78, 5) is 26.5. The number of anilines is 1. The lowest BCUT2D eigenvalue weighted by Crippen LogP contribution is -2.31. The van der Waals surface area contributed by atoms with Crippen molar-refractivity contribution in [2.75, 3.05) is 25.1 Å². The molecule has 174 valence electrons. The van der Waals surface area contributed by atoms with Crippen LogP contribution in [0.5, 0.6) is 11.5 Å². The molecule has 2 aromatic carbocycles. The van der Waals surface area contributed by atoms with Crippen molar-refractivity contribution in [1.82, 2.24) is 10.2 Å². The van der Waals surface area contributed by atoms with Gasteiger partial charge >= 0.3 is 0 Å². The normalized spacial score (nSPS) is 14.4. The standard InChI is InChI=1S/C25H29N3O4S/c1-4-6-13-28-24(30)20(27-25(28)33)14-18-9-12-21(22(15-18)31-5-2)32-16-23(29)26-19-10-7-17(3)8-11-19/h7-12,14-15H,4-6,13,16H2,1-3H3,(H,26,29)(H,27,33)/b20-14+. The van der Waals surface area contributed by atoms with Crippen LogP contribution in [0, 0.1) is 6.92 Å². The predicted molar refractivity (Wildman–Crippen MR) is 133 cm³/mol. The summed E-state index contributed by atoms with van der Waals surface area (Å²) in [5.41, 5.74) is 3.00. The predicted octanol–water partition coefficient (Wildman–Crippen LogP) is 4.27. The first-order valence-electron chi connectivity index (χ1n) is 11.0. The fourth-order valence-corrected chi connectivity index (χ4v) is 3.52. The minimum Gasteiger partial charge on any atom is -0.490 e. The zero-order valence-electron chi connectivity index (χ0n) is 19.1. The molecule has 0 aromatic heterocycles. The Hall–Kier alpha value is -3.39.